The monoisotopic (exact) mass is 417 g/mol. The van der Waals surface area contributed by atoms with Crippen LogP contribution in [0, 0.1) is 0 Å². The highest BCUT2D eigenvalue weighted by Gasteiger charge is 2.25. The molecule has 152 valence electrons. The van der Waals surface area contributed by atoms with Crippen molar-refractivity contribution in [2.24, 2.45) is 0 Å². The van der Waals surface area contributed by atoms with Gasteiger partial charge in [-0.3, -0.25) is 0 Å². The number of hydrogen-bond acceptors (Lipinski definition) is 3. The van der Waals surface area contributed by atoms with Gasteiger partial charge in [-0.2, -0.15) is 4.72 Å². The molecule has 0 unspecified atom stereocenters. The number of fused-ring (bicyclic) bond motifs is 1. The van der Waals surface area contributed by atoms with Crippen LogP contribution in [0.25, 0.3) is 10.8 Å². The van der Waals surface area contributed by atoms with Crippen molar-refractivity contribution in [1.29, 1.82) is 0 Å². The third-order valence-electron chi connectivity index (χ3n) is 4.97. The zero-order valence-corrected chi connectivity index (χ0v) is 17.5. The summed E-state index contributed by atoms with van der Waals surface area (Å²) in [6, 6.07) is 29.4. The maximum absolute atomic E-state index is 13.5. The Balaban J connectivity index is 1.80. The maximum atomic E-state index is 13.5. The summed E-state index contributed by atoms with van der Waals surface area (Å²) in [5.41, 5.74) is 1.75. The number of rotatable bonds is 7. The molecule has 1 N–H and O–H groups in total. The largest absolute Gasteiger partial charge is 0.493 e. The Morgan fingerprint density at radius 1 is 0.733 bits per heavy atom. The molecule has 0 aromatic heterocycles. The first-order valence-corrected chi connectivity index (χ1v) is 11.4. The molecule has 30 heavy (non-hydrogen) atoms. The Labute approximate surface area is 177 Å². The van der Waals surface area contributed by atoms with Crippen LogP contribution in [0.15, 0.2) is 102 Å². The molecule has 0 spiro atoms. The molecule has 0 saturated carbocycles. The molecule has 4 aromatic carbocycles. The van der Waals surface area contributed by atoms with Crippen LogP contribution in [0.3, 0.4) is 0 Å². The molecule has 0 aliphatic rings. The smallest absolute Gasteiger partial charge is 0.242 e. The highest BCUT2D eigenvalue weighted by atomic mass is 32.2. The van der Waals surface area contributed by atoms with Gasteiger partial charge in [0, 0.05) is 10.8 Å². The summed E-state index contributed by atoms with van der Waals surface area (Å²) in [4.78, 5) is 0.235. The Morgan fingerprint density at radius 2 is 1.27 bits per heavy atom. The van der Waals surface area contributed by atoms with Crippen LogP contribution >= 0.6 is 0 Å². The van der Waals surface area contributed by atoms with Crippen LogP contribution < -0.4 is 9.46 Å². The summed E-state index contributed by atoms with van der Waals surface area (Å²) in [6.07, 6.45) is 0. The van der Waals surface area contributed by atoms with Gasteiger partial charge in [-0.1, -0.05) is 84.9 Å². The van der Waals surface area contributed by atoms with E-state index in [4.69, 9.17) is 4.74 Å². The summed E-state index contributed by atoms with van der Waals surface area (Å²) in [5, 5.41) is 1.41. The Hall–Kier alpha value is -3.15. The quantitative estimate of drug-likeness (QED) is 0.444. The van der Waals surface area contributed by atoms with E-state index in [0.717, 1.165) is 16.5 Å². The van der Waals surface area contributed by atoms with Gasteiger partial charge in [0.2, 0.25) is 10.0 Å². The van der Waals surface area contributed by atoms with E-state index in [0.29, 0.717) is 17.7 Å². The van der Waals surface area contributed by atoms with E-state index in [2.05, 4.69) is 4.72 Å². The van der Waals surface area contributed by atoms with E-state index in [1.165, 1.54) is 0 Å². The van der Waals surface area contributed by atoms with Gasteiger partial charge in [-0.05, 0) is 30.2 Å². The molecular formula is C25H23NO3S. The van der Waals surface area contributed by atoms with Gasteiger partial charge < -0.3 is 4.74 Å². The number of benzene rings is 4. The fourth-order valence-corrected chi connectivity index (χ4v) is 5.02. The Kier molecular flexibility index (Phi) is 5.84. The highest BCUT2D eigenvalue weighted by Crippen LogP contribution is 2.32. The van der Waals surface area contributed by atoms with Gasteiger partial charge in [0.05, 0.1) is 17.5 Å². The standard InChI is InChI=1S/C25H23NO3S/c1-2-29-23-17-18-24(22-16-10-9-15-21(22)23)30(27,28)26-25(19-11-5-3-6-12-19)20-13-7-4-8-14-20/h3-18,25-26H,2H2,1H3. The van der Waals surface area contributed by atoms with Gasteiger partial charge in [-0.15, -0.1) is 0 Å². The molecule has 4 aromatic rings. The molecule has 0 radical (unpaired) electrons. The first kappa shape index (κ1) is 20.1. The lowest BCUT2D eigenvalue weighted by molar-refractivity contribution is 0.344. The van der Waals surface area contributed by atoms with Crippen molar-refractivity contribution in [1.82, 2.24) is 4.72 Å². The van der Waals surface area contributed by atoms with E-state index in [1.807, 2.05) is 91.9 Å². The van der Waals surface area contributed by atoms with E-state index in [1.54, 1.807) is 12.1 Å². The number of hydrogen-bond donors (Lipinski definition) is 1. The van der Waals surface area contributed by atoms with Crippen LogP contribution in [-0.4, -0.2) is 15.0 Å². The zero-order valence-electron chi connectivity index (χ0n) is 16.7. The minimum atomic E-state index is -3.82. The van der Waals surface area contributed by atoms with Gasteiger partial charge in [-0.25, -0.2) is 8.42 Å². The predicted molar refractivity (Wildman–Crippen MR) is 120 cm³/mol. The summed E-state index contributed by atoms with van der Waals surface area (Å²) in [5.74, 6) is 0.676. The molecule has 5 heteroatoms. The third-order valence-corrected chi connectivity index (χ3v) is 6.45. The van der Waals surface area contributed by atoms with Crippen LogP contribution in [0.2, 0.25) is 0 Å². The molecule has 0 bridgehead atoms. The van der Waals surface area contributed by atoms with Crippen LogP contribution in [0.1, 0.15) is 24.1 Å². The van der Waals surface area contributed by atoms with Crippen molar-refractivity contribution in [3.8, 4) is 5.75 Å². The minimum Gasteiger partial charge on any atom is -0.493 e. The fraction of sp³-hybridized carbons (Fsp3) is 0.120. The van der Waals surface area contributed by atoms with E-state index >= 15 is 0 Å². The van der Waals surface area contributed by atoms with E-state index < -0.39 is 16.1 Å². The molecular weight excluding hydrogens is 394 g/mol. The topological polar surface area (TPSA) is 55.4 Å². The van der Waals surface area contributed by atoms with Crippen molar-refractivity contribution in [2.45, 2.75) is 17.9 Å². The lowest BCUT2D eigenvalue weighted by Crippen LogP contribution is -2.29. The number of sulfonamides is 1. The van der Waals surface area contributed by atoms with Crippen LogP contribution in [-0.2, 0) is 10.0 Å². The normalized spacial score (nSPS) is 11.7. The molecule has 4 nitrogen and oxygen atoms in total. The molecule has 0 aliphatic carbocycles. The van der Waals surface area contributed by atoms with Gasteiger partial charge >= 0.3 is 0 Å². The molecule has 0 heterocycles. The Morgan fingerprint density at radius 3 is 1.83 bits per heavy atom. The van der Waals surface area contributed by atoms with E-state index in [-0.39, 0.29) is 4.90 Å². The van der Waals surface area contributed by atoms with Gasteiger partial charge in [0.1, 0.15) is 5.75 Å². The molecule has 0 amide bonds. The van der Waals surface area contributed by atoms with Gasteiger partial charge in [0.25, 0.3) is 0 Å². The number of ether oxygens (including phenoxy) is 1. The maximum Gasteiger partial charge on any atom is 0.242 e. The summed E-state index contributed by atoms with van der Waals surface area (Å²) in [7, 11) is -3.82. The minimum absolute atomic E-state index is 0.235. The molecule has 0 saturated heterocycles. The predicted octanol–water partition coefficient (Wildman–Crippen LogP) is 5.31. The second-order valence-corrected chi connectivity index (χ2v) is 8.60. The lowest BCUT2D eigenvalue weighted by atomic mass is 10.00. The second-order valence-electron chi connectivity index (χ2n) is 6.92. The lowest BCUT2D eigenvalue weighted by Gasteiger charge is -2.21. The van der Waals surface area contributed by atoms with Crippen molar-refractivity contribution >= 4 is 20.8 Å². The average Bonchev–Trinajstić information content (AvgIpc) is 2.79. The molecule has 0 atom stereocenters. The van der Waals surface area contributed by atoms with Crippen molar-refractivity contribution in [2.75, 3.05) is 6.61 Å². The van der Waals surface area contributed by atoms with Gasteiger partial charge in [0.15, 0.2) is 0 Å². The highest BCUT2D eigenvalue weighted by molar-refractivity contribution is 7.89. The van der Waals surface area contributed by atoms with E-state index in [9.17, 15) is 8.42 Å². The molecule has 4 rings (SSSR count). The summed E-state index contributed by atoms with van der Waals surface area (Å²) in [6.45, 7) is 2.42. The van der Waals surface area contributed by atoms with Crippen molar-refractivity contribution in [3.05, 3.63) is 108 Å². The second kappa shape index (κ2) is 8.69. The van der Waals surface area contributed by atoms with Crippen LogP contribution in [0.5, 0.6) is 5.75 Å². The molecule has 0 fully saturated rings. The third kappa shape index (κ3) is 4.08. The summed E-state index contributed by atoms with van der Waals surface area (Å²) < 4.78 is 35.6. The van der Waals surface area contributed by atoms with Crippen molar-refractivity contribution in [3.63, 3.8) is 0 Å². The first-order valence-electron chi connectivity index (χ1n) is 9.87. The van der Waals surface area contributed by atoms with Crippen molar-refractivity contribution < 1.29 is 13.2 Å². The summed E-state index contributed by atoms with van der Waals surface area (Å²) >= 11 is 0. The first-order chi connectivity index (χ1) is 14.6. The molecule has 0 aliphatic heterocycles. The Bertz CT molecular complexity index is 1200. The fourth-order valence-electron chi connectivity index (χ4n) is 3.60. The number of nitrogens with one attached hydrogen (secondary N) is 1. The zero-order chi connectivity index (χ0) is 21.0. The SMILES string of the molecule is CCOc1ccc(S(=O)(=O)NC(c2ccccc2)c2ccccc2)c2ccccc12. The van der Waals surface area contributed by atoms with Crippen LogP contribution in [0.4, 0.5) is 0 Å². The average molecular weight is 418 g/mol.